The molecule has 0 aromatic carbocycles. The zero-order valence-electron chi connectivity index (χ0n) is 5.40. The third-order valence-electron chi connectivity index (χ3n) is 1.46. The lowest BCUT2D eigenvalue weighted by Crippen LogP contribution is -1.97. The van der Waals surface area contributed by atoms with Crippen LogP contribution in [0.5, 0.6) is 0 Å². The Morgan fingerprint density at radius 3 is 2.80 bits per heavy atom. The summed E-state index contributed by atoms with van der Waals surface area (Å²) in [5.41, 5.74) is 0.827. The third kappa shape index (κ3) is 1.62. The molecule has 1 nitrogen and oxygen atoms in total. The van der Waals surface area contributed by atoms with E-state index >= 15 is 0 Å². The number of hydrogen-bond acceptors (Lipinski definition) is 1. The summed E-state index contributed by atoms with van der Waals surface area (Å²) < 4.78 is 1.03. The van der Waals surface area contributed by atoms with Crippen molar-refractivity contribution in [2.75, 3.05) is 6.61 Å². The molecule has 0 atom stereocenters. The summed E-state index contributed by atoms with van der Waals surface area (Å²) in [6.45, 7) is 0.0237. The normalized spacial score (nSPS) is 19.3. The molecule has 0 heterocycles. The van der Waals surface area contributed by atoms with Crippen molar-refractivity contribution in [3.8, 4) is 0 Å². The van der Waals surface area contributed by atoms with Crippen LogP contribution in [-0.2, 0) is 0 Å². The summed E-state index contributed by atoms with van der Waals surface area (Å²) in [7, 11) is 0. The number of hydrogen-bond donors (Lipinski definition) is 1. The Morgan fingerprint density at radius 1 is 1.70 bits per heavy atom. The SMILES string of the molecule is OCC1=C(Br)CCC=C1Cl. The van der Waals surface area contributed by atoms with Gasteiger partial charge in [0.15, 0.2) is 0 Å². The smallest absolute Gasteiger partial charge is 0.0704 e. The summed E-state index contributed by atoms with van der Waals surface area (Å²) in [5.74, 6) is 0. The van der Waals surface area contributed by atoms with Crippen molar-refractivity contribution < 1.29 is 5.11 Å². The number of allylic oxidation sites excluding steroid dienone is 2. The average molecular weight is 223 g/mol. The highest BCUT2D eigenvalue weighted by Gasteiger charge is 2.10. The first-order valence-electron chi connectivity index (χ1n) is 3.10. The first-order valence-corrected chi connectivity index (χ1v) is 4.27. The second-order valence-electron chi connectivity index (χ2n) is 2.13. The van der Waals surface area contributed by atoms with Gasteiger partial charge in [-0.2, -0.15) is 0 Å². The Kier molecular flexibility index (Phi) is 2.96. The van der Waals surface area contributed by atoms with Crippen LogP contribution in [0.2, 0.25) is 0 Å². The van der Waals surface area contributed by atoms with Gasteiger partial charge in [0.1, 0.15) is 0 Å². The van der Waals surface area contributed by atoms with Gasteiger partial charge < -0.3 is 5.11 Å². The van der Waals surface area contributed by atoms with E-state index in [0.29, 0.717) is 5.03 Å². The van der Waals surface area contributed by atoms with E-state index in [1.165, 1.54) is 0 Å². The third-order valence-corrected chi connectivity index (χ3v) is 2.72. The molecule has 0 fully saturated rings. The minimum absolute atomic E-state index is 0.0237. The van der Waals surface area contributed by atoms with Gasteiger partial charge in [-0.25, -0.2) is 0 Å². The van der Waals surface area contributed by atoms with Gasteiger partial charge in [-0.15, -0.1) is 0 Å². The first kappa shape index (κ1) is 8.31. The lowest BCUT2D eigenvalue weighted by atomic mass is 10.1. The molecule has 0 spiro atoms. The topological polar surface area (TPSA) is 20.2 Å². The fourth-order valence-electron chi connectivity index (χ4n) is 0.891. The maximum absolute atomic E-state index is 8.82. The van der Waals surface area contributed by atoms with E-state index in [1.807, 2.05) is 6.08 Å². The predicted octanol–water partition coefficient (Wildman–Crippen LogP) is 2.54. The van der Waals surface area contributed by atoms with Crippen molar-refractivity contribution in [3.05, 3.63) is 21.2 Å². The van der Waals surface area contributed by atoms with Crippen LogP contribution in [0.15, 0.2) is 21.2 Å². The van der Waals surface area contributed by atoms with Gasteiger partial charge in [0.2, 0.25) is 0 Å². The standard InChI is InChI=1S/C7H8BrClO/c8-6-2-1-3-7(9)5(6)4-10/h3,10H,1-2,4H2. The lowest BCUT2D eigenvalue weighted by molar-refractivity contribution is 0.333. The summed E-state index contributed by atoms with van der Waals surface area (Å²) >= 11 is 9.14. The van der Waals surface area contributed by atoms with Gasteiger partial charge in [0.05, 0.1) is 6.61 Å². The Bertz CT molecular complexity index is 196. The van der Waals surface area contributed by atoms with Crippen molar-refractivity contribution >= 4 is 27.5 Å². The molecular weight excluding hydrogens is 215 g/mol. The van der Waals surface area contributed by atoms with Crippen LogP contribution in [-0.4, -0.2) is 11.7 Å². The molecule has 3 heteroatoms. The van der Waals surface area contributed by atoms with Crippen molar-refractivity contribution in [2.24, 2.45) is 0 Å². The van der Waals surface area contributed by atoms with Crippen molar-refractivity contribution in [2.45, 2.75) is 12.8 Å². The molecule has 0 unspecified atom stereocenters. The van der Waals surface area contributed by atoms with E-state index in [9.17, 15) is 0 Å². The highest BCUT2D eigenvalue weighted by Crippen LogP contribution is 2.30. The summed E-state index contributed by atoms with van der Waals surface area (Å²) in [6, 6.07) is 0. The van der Waals surface area contributed by atoms with Crippen LogP contribution >= 0.6 is 27.5 Å². The van der Waals surface area contributed by atoms with E-state index in [0.717, 1.165) is 22.9 Å². The van der Waals surface area contributed by atoms with Crippen LogP contribution in [0.4, 0.5) is 0 Å². The molecule has 0 aliphatic heterocycles. The maximum Gasteiger partial charge on any atom is 0.0704 e. The zero-order chi connectivity index (χ0) is 7.56. The van der Waals surface area contributed by atoms with Crippen LogP contribution in [0.3, 0.4) is 0 Å². The predicted molar refractivity (Wildman–Crippen MR) is 46.2 cm³/mol. The van der Waals surface area contributed by atoms with Gasteiger partial charge in [0.25, 0.3) is 0 Å². The molecule has 0 amide bonds. The molecule has 0 aromatic heterocycles. The minimum atomic E-state index is 0.0237. The van der Waals surface area contributed by atoms with Crippen LogP contribution in [0, 0.1) is 0 Å². The summed E-state index contributed by atoms with van der Waals surface area (Å²) in [4.78, 5) is 0. The molecule has 1 N–H and O–H groups in total. The quantitative estimate of drug-likeness (QED) is 0.724. The fraction of sp³-hybridized carbons (Fsp3) is 0.429. The highest BCUT2D eigenvalue weighted by atomic mass is 79.9. The van der Waals surface area contributed by atoms with Crippen LogP contribution < -0.4 is 0 Å². The van der Waals surface area contributed by atoms with Gasteiger partial charge in [-0.1, -0.05) is 33.6 Å². The number of aliphatic hydroxyl groups is 1. The van der Waals surface area contributed by atoms with E-state index in [-0.39, 0.29) is 6.61 Å². The van der Waals surface area contributed by atoms with Crippen molar-refractivity contribution in [1.29, 1.82) is 0 Å². The number of aliphatic hydroxyl groups excluding tert-OH is 1. The average Bonchev–Trinajstić information content (AvgIpc) is 1.88. The largest absolute Gasteiger partial charge is 0.392 e. The second-order valence-corrected chi connectivity index (χ2v) is 3.50. The molecule has 0 saturated heterocycles. The van der Waals surface area contributed by atoms with Gasteiger partial charge in [0, 0.05) is 15.1 Å². The lowest BCUT2D eigenvalue weighted by Gasteiger charge is -2.11. The molecule has 10 heavy (non-hydrogen) atoms. The molecule has 56 valence electrons. The molecule has 1 rings (SSSR count). The molecule has 1 aliphatic rings. The van der Waals surface area contributed by atoms with E-state index in [2.05, 4.69) is 15.9 Å². The maximum atomic E-state index is 8.82. The molecule has 0 saturated carbocycles. The minimum Gasteiger partial charge on any atom is -0.392 e. The van der Waals surface area contributed by atoms with Gasteiger partial charge in [-0.05, 0) is 12.8 Å². The van der Waals surface area contributed by atoms with Crippen LogP contribution in [0.25, 0.3) is 0 Å². The van der Waals surface area contributed by atoms with E-state index < -0.39 is 0 Å². The summed E-state index contributed by atoms with van der Waals surface area (Å²) in [5, 5.41) is 9.50. The van der Waals surface area contributed by atoms with Gasteiger partial charge >= 0.3 is 0 Å². The Hall–Kier alpha value is 0.210. The highest BCUT2D eigenvalue weighted by molar-refractivity contribution is 9.11. The molecular formula is C7H8BrClO. The van der Waals surface area contributed by atoms with E-state index in [1.54, 1.807) is 0 Å². The summed E-state index contributed by atoms with van der Waals surface area (Å²) in [6.07, 6.45) is 3.84. The van der Waals surface area contributed by atoms with Crippen LogP contribution in [0.1, 0.15) is 12.8 Å². The number of halogens is 2. The number of rotatable bonds is 1. The van der Waals surface area contributed by atoms with Crippen molar-refractivity contribution in [1.82, 2.24) is 0 Å². The fourth-order valence-corrected chi connectivity index (χ4v) is 1.86. The molecule has 0 radical (unpaired) electrons. The Labute approximate surface area is 73.5 Å². The second kappa shape index (κ2) is 3.56. The first-order chi connectivity index (χ1) is 4.75. The Balaban J connectivity index is 2.87. The Morgan fingerprint density at radius 2 is 2.40 bits per heavy atom. The van der Waals surface area contributed by atoms with Gasteiger partial charge in [-0.3, -0.25) is 0 Å². The molecule has 1 aliphatic carbocycles. The molecule has 0 aromatic rings. The van der Waals surface area contributed by atoms with E-state index in [4.69, 9.17) is 16.7 Å². The monoisotopic (exact) mass is 222 g/mol. The van der Waals surface area contributed by atoms with Crippen molar-refractivity contribution in [3.63, 3.8) is 0 Å². The zero-order valence-corrected chi connectivity index (χ0v) is 7.74. The molecule has 0 bridgehead atoms.